The van der Waals surface area contributed by atoms with Crippen molar-refractivity contribution in [1.82, 2.24) is 0 Å². The lowest BCUT2D eigenvalue weighted by Gasteiger charge is -2.17. The highest BCUT2D eigenvalue weighted by Crippen LogP contribution is 2.45. The average molecular weight is 505 g/mol. The molecule has 0 unspecified atom stereocenters. The number of benzene rings is 2. The van der Waals surface area contributed by atoms with Crippen LogP contribution >= 0.6 is 27.3 Å². The van der Waals surface area contributed by atoms with Crippen LogP contribution in [-0.4, -0.2) is 31.0 Å². The normalized spacial score (nSPS) is 11.6. The summed E-state index contributed by atoms with van der Waals surface area (Å²) >= 11 is 4.64. The maximum atomic E-state index is 12.7. The van der Waals surface area contributed by atoms with Crippen LogP contribution in [0.25, 0.3) is 10.1 Å². The van der Waals surface area contributed by atoms with Crippen LogP contribution in [0.2, 0.25) is 0 Å². The molecule has 3 rings (SSSR count). The molecule has 1 heterocycles. The van der Waals surface area contributed by atoms with Gasteiger partial charge >= 0.3 is 5.97 Å². The van der Waals surface area contributed by atoms with Gasteiger partial charge in [0.15, 0.2) is 11.9 Å². The molecule has 0 aliphatic rings. The predicted molar refractivity (Wildman–Crippen MR) is 125 cm³/mol. The maximum Gasteiger partial charge on any atom is 0.341 e. The van der Waals surface area contributed by atoms with E-state index in [0.29, 0.717) is 31.0 Å². The standard InChI is InChI=1S/C22H21BrN2O5S/c1-11-7-5-6-8-16(11)25-20(27)12(2)30-18-15(23)10-9-14-17(22(28)29-4)21(24-13(3)26)31-19(14)18/h5-10,12H,1-4H3,(H,24,26)(H,25,27)/t12-/m1/s1. The van der Waals surface area contributed by atoms with Crippen LogP contribution in [0.15, 0.2) is 40.9 Å². The lowest BCUT2D eigenvalue weighted by atomic mass is 10.1. The first-order chi connectivity index (χ1) is 14.7. The van der Waals surface area contributed by atoms with Crippen molar-refractivity contribution in [2.75, 3.05) is 17.7 Å². The van der Waals surface area contributed by atoms with Crippen LogP contribution in [0, 0.1) is 6.92 Å². The number of amides is 2. The molecule has 0 spiro atoms. The molecule has 1 aromatic heterocycles. The quantitative estimate of drug-likeness (QED) is 0.454. The van der Waals surface area contributed by atoms with E-state index in [1.165, 1.54) is 25.4 Å². The molecule has 2 N–H and O–H groups in total. The van der Waals surface area contributed by atoms with E-state index in [1.807, 2.05) is 31.2 Å². The van der Waals surface area contributed by atoms with E-state index in [4.69, 9.17) is 9.47 Å². The Morgan fingerprint density at radius 3 is 2.45 bits per heavy atom. The highest BCUT2D eigenvalue weighted by Gasteiger charge is 2.25. The fourth-order valence-electron chi connectivity index (χ4n) is 2.95. The van der Waals surface area contributed by atoms with E-state index < -0.39 is 12.1 Å². The smallest absolute Gasteiger partial charge is 0.341 e. The summed E-state index contributed by atoms with van der Waals surface area (Å²) in [6, 6.07) is 10.9. The third kappa shape index (κ3) is 4.88. The predicted octanol–water partition coefficient (Wildman–Crippen LogP) is 5.12. The van der Waals surface area contributed by atoms with Gasteiger partial charge in [-0.1, -0.05) is 24.3 Å². The molecular formula is C22H21BrN2O5S. The van der Waals surface area contributed by atoms with E-state index >= 15 is 0 Å². The fourth-order valence-corrected chi connectivity index (χ4v) is 4.73. The lowest BCUT2D eigenvalue weighted by Crippen LogP contribution is -2.30. The molecule has 7 nitrogen and oxygen atoms in total. The fraction of sp³-hybridized carbons (Fsp3) is 0.227. The van der Waals surface area contributed by atoms with Gasteiger partial charge in [-0.05, 0) is 47.5 Å². The van der Waals surface area contributed by atoms with E-state index in [1.54, 1.807) is 19.1 Å². The van der Waals surface area contributed by atoms with Crippen molar-refractivity contribution in [2.45, 2.75) is 26.9 Å². The lowest BCUT2D eigenvalue weighted by molar-refractivity contribution is -0.122. The second-order valence-corrected chi connectivity index (χ2v) is 8.67. The summed E-state index contributed by atoms with van der Waals surface area (Å²) in [5.74, 6) is -0.806. The number of esters is 1. The molecule has 0 bridgehead atoms. The molecule has 1 atom stereocenters. The molecule has 2 aromatic carbocycles. The Morgan fingerprint density at radius 1 is 1.10 bits per heavy atom. The first-order valence-corrected chi connectivity index (χ1v) is 11.0. The number of aryl methyl sites for hydroxylation is 1. The minimum absolute atomic E-state index is 0.243. The van der Waals surface area contributed by atoms with Gasteiger partial charge in [0.25, 0.3) is 5.91 Å². The van der Waals surface area contributed by atoms with Gasteiger partial charge in [-0.2, -0.15) is 0 Å². The van der Waals surface area contributed by atoms with Crippen molar-refractivity contribution in [2.24, 2.45) is 0 Å². The number of carbonyl (C=O) groups excluding carboxylic acids is 3. The number of methoxy groups -OCH3 is 1. The topological polar surface area (TPSA) is 93.7 Å². The molecule has 3 aromatic rings. The third-order valence-electron chi connectivity index (χ3n) is 4.51. The number of hydrogen-bond acceptors (Lipinski definition) is 6. The van der Waals surface area contributed by atoms with Crippen LogP contribution in [-0.2, 0) is 14.3 Å². The minimum atomic E-state index is -0.825. The number of nitrogens with one attached hydrogen (secondary N) is 2. The number of para-hydroxylation sites is 1. The minimum Gasteiger partial charge on any atom is -0.478 e. The first kappa shape index (κ1) is 22.8. The van der Waals surface area contributed by atoms with Gasteiger partial charge in [0, 0.05) is 18.0 Å². The summed E-state index contributed by atoms with van der Waals surface area (Å²) in [5.41, 5.74) is 1.89. The molecule has 0 radical (unpaired) electrons. The van der Waals surface area contributed by atoms with Crippen LogP contribution in [0.3, 0.4) is 0 Å². The van der Waals surface area contributed by atoms with Gasteiger partial charge < -0.3 is 20.1 Å². The first-order valence-electron chi connectivity index (χ1n) is 9.37. The van der Waals surface area contributed by atoms with Crippen molar-refractivity contribution in [1.29, 1.82) is 0 Å². The number of halogens is 1. The van der Waals surface area contributed by atoms with Gasteiger partial charge in [0.1, 0.15) is 10.6 Å². The molecule has 0 fully saturated rings. The summed E-state index contributed by atoms with van der Waals surface area (Å²) in [4.78, 5) is 36.7. The van der Waals surface area contributed by atoms with Crippen molar-refractivity contribution in [3.63, 3.8) is 0 Å². The van der Waals surface area contributed by atoms with Crippen molar-refractivity contribution >= 4 is 65.8 Å². The Balaban J connectivity index is 1.97. The zero-order chi connectivity index (χ0) is 22.7. The van der Waals surface area contributed by atoms with E-state index in [2.05, 4.69) is 26.6 Å². The summed E-state index contributed by atoms with van der Waals surface area (Å²) in [6.45, 7) is 4.90. The monoisotopic (exact) mass is 504 g/mol. The average Bonchev–Trinajstić information content (AvgIpc) is 3.08. The van der Waals surface area contributed by atoms with Crippen LogP contribution < -0.4 is 15.4 Å². The molecule has 9 heteroatoms. The molecule has 0 saturated heterocycles. The summed E-state index contributed by atoms with van der Waals surface area (Å²) in [5, 5.41) is 6.45. The Labute approximate surface area is 191 Å². The van der Waals surface area contributed by atoms with Gasteiger partial charge in [-0.15, -0.1) is 11.3 Å². The number of fused-ring (bicyclic) bond motifs is 1. The highest BCUT2D eigenvalue weighted by atomic mass is 79.9. The molecule has 31 heavy (non-hydrogen) atoms. The highest BCUT2D eigenvalue weighted by molar-refractivity contribution is 9.10. The molecular weight excluding hydrogens is 484 g/mol. The van der Waals surface area contributed by atoms with E-state index in [0.717, 1.165) is 5.56 Å². The number of thiophene rings is 1. The van der Waals surface area contributed by atoms with Gasteiger partial charge in [0.05, 0.1) is 16.3 Å². The van der Waals surface area contributed by atoms with Gasteiger partial charge in [0.2, 0.25) is 5.91 Å². The van der Waals surface area contributed by atoms with E-state index in [-0.39, 0.29) is 17.4 Å². The van der Waals surface area contributed by atoms with Crippen LogP contribution in [0.5, 0.6) is 5.75 Å². The van der Waals surface area contributed by atoms with Crippen molar-refractivity contribution in [3.05, 3.63) is 52.0 Å². The van der Waals surface area contributed by atoms with Crippen LogP contribution in [0.4, 0.5) is 10.7 Å². The van der Waals surface area contributed by atoms with Crippen molar-refractivity contribution in [3.8, 4) is 5.75 Å². The maximum absolute atomic E-state index is 12.7. The number of ether oxygens (including phenoxy) is 2. The Bertz CT molecular complexity index is 1170. The van der Waals surface area contributed by atoms with E-state index in [9.17, 15) is 14.4 Å². The van der Waals surface area contributed by atoms with Crippen LogP contribution in [0.1, 0.15) is 29.8 Å². The van der Waals surface area contributed by atoms with Crippen molar-refractivity contribution < 1.29 is 23.9 Å². The zero-order valence-electron chi connectivity index (χ0n) is 17.4. The summed E-state index contributed by atoms with van der Waals surface area (Å²) in [7, 11) is 1.28. The largest absolute Gasteiger partial charge is 0.478 e. The second-order valence-electron chi connectivity index (χ2n) is 6.80. The Kier molecular flexibility index (Phi) is 6.97. The third-order valence-corrected chi connectivity index (χ3v) is 6.25. The van der Waals surface area contributed by atoms with Gasteiger partial charge in [-0.25, -0.2) is 4.79 Å². The SMILES string of the molecule is COC(=O)c1c(NC(C)=O)sc2c(O[C@H](C)C(=O)Nc3ccccc3C)c(Br)ccc12. The molecule has 0 aliphatic carbocycles. The number of anilines is 2. The summed E-state index contributed by atoms with van der Waals surface area (Å²) < 4.78 is 12.1. The second kappa shape index (κ2) is 9.49. The zero-order valence-corrected chi connectivity index (χ0v) is 19.8. The Hall–Kier alpha value is -2.91. The number of hydrogen-bond donors (Lipinski definition) is 2. The Morgan fingerprint density at radius 2 is 1.81 bits per heavy atom. The summed E-state index contributed by atoms with van der Waals surface area (Å²) in [6.07, 6.45) is -0.825. The molecule has 2 amide bonds. The molecule has 162 valence electrons. The molecule has 0 saturated carbocycles. The van der Waals surface area contributed by atoms with Gasteiger partial charge in [-0.3, -0.25) is 9.59 Å². The number of rotatable bonds is 6. The number of carbonyl (C=O) groups is 3. The molecule has 0 aliphatic heterocycles.